The first-order chi connectivity index (χ1) is 5.79. The standard InChI is InChI=1S/C7H9N5.2ClH/c8-7(9)12-11-5-6-2-1-3-10-4-6;;/h1-5H,(H4,8,9,12);2*1H. The number of pyridine rings is 1. The zero-order valence-corrected chi connectivity index (χ0v) is 8.83. The Morgan fingerprint density at radius 3 is 2.57 bits per heavy atom. The molecule has 0 spiro atoms. The van der Waals surface area contributed by atoms with Gasteiger partial charge in [0.2, 0.25) is 5.96 Å². The minimum atomic E-state index is -0.0601. The van der Waals surface area contributed by atoms with Crippen LogP contribution in [0.15, 0.2) is 34.7 Å². The van der Waals surface area contributed by atoms with E-state index >= 15 is 0 Å². The van der Waals surface area contributed by atoms with Crippen LogP contribution in [0.5, 0.6) is 0 Å². The molecule has 0 saturated carbocycles. The van der Waals surface area contributed by atoms with Crippen molar-refractivity contribution >= 4 is 37.0 Å². The quantitative estimate of drug-likeness (QED) is 0.446. The number of halogens is 2. The molecular weight excluding hydrogens is 225 g/mol. The first kappa shape index (κ1) is 15.2. The summed E-state index contributed by atoms with van der Waals surface area (Å²) in [5.41, 5.74) is 11.0. The fourth-order valence-electron chi connectivity index (χ4n) is 0.615. The second kappa shape index (κ2) is 8.28. The fourth-order valence-corrected chi connectivity index (χ4v) is 0.615. The van der Waals surface area contributed by atoms with E-state index in [-0.39, 0.29) is 30.8 Å². The highest BCUT2D eigenvalue weighted by atomic mass is 35.5. The van der Waals surface area contributed by atoms with Crippen molar-refractivity contribution in [3.05, 3.63) is 30.1 Å². The van der Waals surface area contributed by atoms with Gasteiger partial charge in [-0.2, -0.15) is 5.10 Å². The minimum absolute atomic E-state index is 0. The molecular formula is C7H11Cl2N5. The smallest absolute Gasteiger partial charge is 0.211 e. The van der Waals surface area contributed by atoms with Crippen LogP contribution in [-0.4, -0.2) is 17.2 Å². The lowest BCUT2D eigenvalue weighted by molar-refractivity contribution is 1.21. The van der Waals surface area contributed by atoms with Crippen molar-refractivity contribution in [2.75, 3.05) is 0 Å². The lowest BCUT2D eigenvalue weighted by Gasteiger charge is -1.87. The van der Waals surface area contributed by atoms with Crippen LogP contribution in [-0.2, 0) is 0 Å². The molecule has 0 saturated heterocycles. The summed E-state index contributed by atoms with van der Waals surface area (Å²) in [4.78, 5) is 3.88. The second-order valence-corrected chi connectivity index (χ2v) is 2.06. The summed E-state index contributed by atoms with van der Waals surface area (Å²) < 4.78 is 0. The molecule has 5 nitrogen and oxygen atoms in total. The molecule has 1 heterocycles. The Kier molecular flexibility index (Phi) is 8.96. The van der Waals surface area contributed by atoms with Gasteiger partial charge in [-0.05, 0) is 6.07 Å². The van der Waals surface area contributed by atoms with Crippen molar-refractivity contribution in [1.29, 1.82) is 0 Å². The third-order valence-corrected chi connectivity index (χ3v) is 1.06. The van der Waals surface area contributed by atoms with Gasteiger partial charge in [-0.15, -0.1) is 29.9 Å². The maximum absolute atomic E-state index is 5.05. The highest BCUT2D eigenvalue weighted by molar-refractivity contribution is 5.85. The predicted octanol–water partition coefficient (Wildman–Crippen LogP) is 0.533. The third-order valence-electron chi connectivity index (χ3n) is 1.06. The molecule has 0 aliphatic carbocycles. The Hall–Kier alpha value is -1.33. The average Bonchev–Trinajstić information content (AvgIpc) is 2.05. The average molecular weight is 236 g/mol. The van der Waals surface area contributed by atoms with Gasteiger partial charge in [0.15, 0.2) is 0 Å². The Balaban J connectivity index is 0. The summed E-state index contributed by atoms with van der Waals surface area (Å²) in [5.74, 6) is -0.0601. The van der Waals surface area contributed by atoms with Gasteiger partial charge in [0.1, 0.15) is 0 Å². The monoisotopic (exact) mass is 235 g/mol. The van der Waals surface area contributed by atoms with E-state index in [4.69, 9.17) is 11.5 Å². The lowest BCUT2D eigenvalue weighted by Crippen LogP contribution is -2.21. The number of guanidine groups is 1. The van der Waals surface area contributed by atoms with Crippen molar-refractivity contribution < 1.29 is 0 Å². The second-order valence-electron chi connectivity index (χ2n) is 2.06. The number of aromatic nitrogens is 1. The van der Waals surface area contributed by atoms with Crippen LogP contribution in [0.1, 0.15) is 5.56 Å². The molecule has 1 aromatic rings. The van der Waals surface area contributed by atoms with Crippen molar-refractivity contribution in [2.45, 2.75) is 0 Å². The van der Waals surface area contributed by atoms with E-state index in [2.05, 4.69) is 15.2 Å². The van der Waals surface area contributed by atoms with E-state index in [1.807, 2.05) is 6.07 Å². The SMILES string of the molecule is Cl.Cl.NC(N)=NN=Cc1cccnc1. The molecule has 1 aromatic heterocycles. The molecule has 7 heteroatoms. The maximum Gasteiger partial charge on any atom is 0.211 e. The van der Waals surface area contributed by atoms with Gasteiger partial charge in [0.25, 0.3) is 0 Å². The molecule has 0 aromatic carbocycles. The van der Waals surface area contributed by atoms with Crippen molar-refractivity contribution in [2.24, 2.45) is 21.7 Å². The number of nitrogens with zero attached hydrogens (tertiary/aromatic N) is 3. The van der Waals surface area contributed by atoms with Gasteiger partial charge in [-0.1, -0.05) is 6.07 Å². The van der Waals surface area contributed by atoms with Crippen LogP contribution in [0.25, 0.3) is 0 Å². The molecule has 0 fully saturated rings. The largest absolute Gasteiger partial charge is 0.369 e. The van der Waals surface area contributed by atoms with E-state index in [0.717, 1.165) is 5.56 Å². The van der Waals surface area contributed by atoms with Crippen LogP contribution < -0.4 is 11.5 Å². The molecule has 1 rings (SSSR count). The molecule has 0 aliphatic rings. The molecule has 0 aliphatic heterocycles. The molecule has 0 atom stereocenters. The normalized spacial score (nSPS) is 8.57. The van der Waals surface area contributed by atoms with E-state index in [1.54, 1.807) is 18.5 Å². The highest BCUT2D eigenvalue weighted by Crippen LogP contribution is 1.90. The maximum atomic E-state index is 5.05. The van der Waals surface area contributed by atoms with Gasteiger partial charge in [0.05, 0.1) is 6.21 Å². The topological polar surface area (TPSA) is 89.7 Å². The van der Waals surface area contributed by atoms with E-state index in [9.17, 15) is 0 Å². The van der Waals surface area contributed by atoms with Crippen LogP contribution in [0, 0.1) is 0 Å². The molecule has 0 amide bonds. The summed E-state index contributed by atoms with van der Waals surface area (Å²) >= 11 is 0. The summed E-state index contributed by atoms with van der Waals surface area (Å²) in [7, 11) is 0. The zero-order chi connectivity index (χ0) is 8.81. The Morgan fingerprint density at radius 2 is 2.07 bits per heavy atom. The Morgan fingerprint density at radius 1 is 1.36 bits per heavy atom. The lowest BCUT2D eigenvalue weighted by atomic mass is 10.3. The highest BCUT2D eigenvalue weighted by Gasteiger charge is 1.82. The van der Waals surface area contributed by atoms with Gasteiger partial charge in [-0.3, -0.25) is 4.98 Å². The predicted molar refractivity (Wildman–Crippen MR) is 62.1 cm³/mol. The molecule has 0 unspecified atom stereocenters. The summed E-state index contributed by atoms with van der Waals surface area (Å²) in [6, 6.07) is 3.65. The van der Waals surface area contributed by atoms with E-state index in [0.29, 0.717) is 0 Å². The first-order valence-electron chi connectivity index (χ1n) is 3.31. The molecule has 0 bridgehead atoms. The molecule has 0 radical (unpaired) electrons. The van der Waals surface area contributed by atoms with Gasteiger partial charge >= 0.3 is 0 Å². The first-order valence-corrected chi connectivity index (χ1v) is 3.31. The third kappa shape index (κ3) is 6.22. The van der Waals surface area contributed by atoms with Crippen molar-refractivity contribution in [3.63, 3.8) is 0 Å². The molecule has 14 heavy (non-hydrogen) atoms. The number of hydrogen-bond acceptors (Lipinski definition) is 3. The van der Waals surface area contributed by atoms with Gasteiger partial charge in [-0.25, -0.2) is 0 Å². The summed E-state index contributed by atoms with van der Waals surface area (Å²) in [6.07, 6.45) is 4.86. The van der Waals surface area contributed by atoms with Crippen LogP contribution in [0.2, 0.25) is 0 Å². The molecule has 4 N–H and O–H groups in total. The van der Waals surface area contributed by atoms with E-state index < -0.39 is 0 Å². The van der Waals surface area contributed by atoms with Crippen molar-refractivity contribution in [1.82, 2.24) is 4.98 Å². The van der Waals surface area contributed by atoms with Crippen LogP contribution >= 0.6 is 24.8 Å². The Bertz CT molecular complexity index is 294. The Labute approximate surface area is 94.1 Å². The van der Waals surface area contributed by atoms with Gasteiger partial charge < -0.3 is 11.5 Å². The number of nitrogens with two attached hydrogens (primary N) is 2. The fraction of sp³-hybridized carbons (Fsp3) is 0. The number of rotatable bonds is 2. The molecule has 78 valence electrons. The number of hydrogen-bond donors (Lipinski definition) is 2. The zero-order valence-electron chi connectivity index (χ0n) is 7.20. The van der Waals surface area contributed by atoms with Gasteiger partial charge in [0, 0.05) is 18.0 Å². The van der Waals surface area contributed by atoms with Crippen LogP contribution in [0.3, 0.4) is 0 Å². The summed E-state index contributed by atoms with van der Waals surface area (Å²) in [6.45, 7) is 0. The summed E-state index contributed by atoms with van der Waals surface area (Å²) in [5, 5.41) is 7.05. The van der Waals surface area contributed by atoms with Crippen LogP contribution in [0.4, 0.5) is 0 Å². The van der Waals surface area contributed by atoms with E-state index in [1.165, 1.54) is 6.21 Å². The van der Waals surface area contributed by atoms with Crippen molar-refractivity contribution in [3.8, 4) is 0 Å². The minimum Gasteiger partial charge on any atom is -0.369 e.